The summed E-state index contributed by atoms with van der Waals surface area (Å²) in [6.07, 6.45) is 3.95. The molecule has 0 radical (unpaired) electrons. The fourth-order valence-electron chi connectivity index (χ4n) is 4.33. The molecule has 5 rings (SSSR count). The number of amides is 1. The quantitative estimate of drug-likeness (QED) is 0.241. The minimum absolute atomic E-state index is 0.0454. The molecule has 2 heterocycles. The van der Waals surface area contributed by atoms with Gasteiger partial charge in [-0.05, 0) is 73.9 Å². The van der Waals surface area contributed by atoms with Gasteiger partial charge in [-0.3, -0.25) is 14.7 Å². The van der Waals surface area contributed by atoms with Gasteiger partial charge in [-0.1, -0.05) is 63.6 Å². The third-order valence-corrected chi connectivity index (χ3v) is 6.72. The zero-order chi connectivity index (χ0) is 32.9. The number of halogens is 1. The Morgan fingerprint density at radius 1 is 0.932 bits per heavy atom. The Labute approximate surface area is 262 Å². The summed E-state index contributed by atoms with van der Waals surface area (Å²) in [7, 11) is 0. The summed E-state index contributed by atoms with van der Waals surface area (Å²) >= 11 is 0. The largest absolute Gasteiger partial charge is 0.399 e. The number of nitrogens with zero attached hydrogens (tertiary/aromatic N) is 3. The van der Waals surface area contributed by atoms with Crippen molar-refractivity contribution in [3.05, 3.63) is 108 Å². The summed E-state index contributed by atoms with van der Waals surface area (Å²) in [6.45, 7) is 15.7. The third-order valence-electron chi connectivity index (χ3n) is 6.72. The van der Waals surface area contributed by atoms with Crippen molar-refractivity contribution < 1.29 is 19.1 Å². The molecule has 3 aromatic carbocycles. The number of anilines is 1. The number of rotatable bonds is 4. The number of hydrogen-bond donors (Lipinski definition) is 2. The average molecular weight is 605 g/mol. The van der Waals surface area contributed by atoms with E-state index in [4.69, 9.17) is 15.6 Å². The maximum Gasteiger partial charge on any atom is 0.253 e. The number of hydrogen-bond acceptors (Lipinski definition) is 6. The van der Waals surface area contributed by atoms with Crippen molar-refractivity contribution in [2.75, 3.05) is 38.5 Å². The van der Waals surface area contributed by atoms with Crippen LogP contribution in [0, 0.1) is 12.7 Å². The molecule has 7 nitrogen and oxygen atoms in total. The standard InChI is InChI=1S/C19H22FN3O.C10H9N.C3H8O.C3H8.CH2O/c1-14(15-2-6-17(20)7-3-15)22-10-12-23(13-11-22)19(24)16-4-8-18(21)9-5-16;1-8-4-2-5-9-6-3-7-11-10(8)9;1-2-3-4;1-3-2;1-2/h2-9,14H,10-13,21H2,1H3;2-7H,1H3;4H,2-3H2,1H3;3H2,1-2H3;1H2. The lowest BCUT2D eigenvalue weighted by Gasteiger charge is -2.38. The number of aromatic nitrogens is 1. The van der Waals surface area contributed by atoms with Gasteiger partial charge < -0.3 is 20.5 Å². The molecule has 1 aromatic heterocycles. The molecular weight excluding hydrogens is 555 g/mol. The number of carbonyl (C=O) groups excluding carboxylic acids is 2. The highest BCUT2D eigenvalue weighted by Crippen LogP contribution is 2.22. The molecule has 238 valence electrons. The Balaban J connectivity index is 0.000000398. The van der Waals surface area contributed by atoms with Gasteiger partial charge in [-0.2, -0.15) is 0 Å². The topological polar surface area (TPSA) is 99.8 Å². The number of aliphatic hydroxyl groups excluding tert-OH is 1. The number of piperazine rings is 1. The number of carbonyl (C=O) groups is 2. The number of nitrogens with two attached hydrogens (primary N) is 1. The molecule has 4 aromatic rings. The average Bonchev–Trinajstić information content (AvgIpc) is 3.07. The molecule has 1 amide bonds. The van der Waals surface area contributed by atoms with Crippen molar-refractivity contribution in [1.82, 2.24) is 14.8 Å². The number of para-hydroxylation sites is 1. The van der Waals surface area contributed by atoms with Crippen molar-refractivity contribution >= 4 is 29.3 Å². The molecule has 3 N–H and O–H groups in total. The second kappa shape index (κ2) is 21.5. The second-order valence-corrected chi connectivity index (χ2v) is 10.3. The molecule has 8 heteroatoms. The summed E-state index contributed by atoms with van der Waals surface area (Å²) < 4.78 is 13.1. The van der Waals surface area contributed by atoms with Crippen molar-refractivity contribution in [3.8, 4) is 0 Å². The molecule has 0 spiro atoms. The molecule has 1 aliphatic rings. The first kappa shape index (κ1) is 37.9. The minimum Gasteiger partial charge on any atom is -0.399 e. The highest BCUT2D eigenvalue weighted by atomic mass is 19.1. The zero-order valence-electron chi connectivity index (χ0n) is 26.9. The van der Waals surface area contributed by atoms with Gasteiger partial charge in [0, 0.05) is 61.7 Å². The van der Waals surface area contributed by atoms with Crippen molar-refractivity contribution in [3.63, 3.8) is 0 Å². The first-order valence-corrected chi connectivity index (χ1v) is 15.1. The molecule has 0 aliphatic carbocycles. The smallest absolute Gasteiger partial charge is 0.253 e. The molecule has 1 aliphatic heterocycles. The van der Waals surface area contributed by atoms with E-state index in [1.165, 1.54) is 29.5 Å². The number of fused-ring (bicyclic) bond motifs is 1. The SMILES string of the molecule is C=O.CC(c1ccc(F)cc1)N1CCN(C(=O)c2ccc(N)cc2)CC1.CCC.CCCO.Cc1cccc2cccnc12. The van der Waals surface area contributed by atoms with Gasteiger partial charge in [-0.25, -0.2) is 4.39 Å². The van der Waals surface area contributed by atoms with E-state index in [1.54, 1.807) is 24.3 Å². The van der Waals surface area contributed by atoms with Crippen molar-refractivity contribution in [2.45, 2.75) is 53.5 Å². The fraction of sp³-hybridized carbons (Fsp3) is 0.361. The zero-order valence-corrected chi connectivity index (χ0v) is 26.9. The lowest BCUT2D eigenvalue weighted by molar-refractivity contribution is -0.0980. The van der Waals surface area contributed by atoms with E-state index in [0.29, 0.717) is 30.9 Å². The van der Waals surface area contributed by atoms with E-state index >= 15 is 0 Å². The number of benzene rings is 3. The number of aliphatic hydroxyl groups is 1. The van der Waals surface area contributed by atoms with Gasteiger partial charge in [-0.15, -0.1) is 0 Å². The van der Waals surface area contributed by atoms with E-state index in [9.17, 15) is 9.18 Å². The molecule has 0 bridgehead atoms. The Morgan fingerprint density at radius 3 is 2.00 bits per heavy atom. The minimum atomic E-state index is -0.218. The van der Waals surface area contributed by atoms with Gasteiger partial charge in [0.05, 0.1) is 5.52 Å². The molecular formula is C36H49FN4O3. The van der Waals surface area contributed by atoms with E-state index in [1.807, 2.05) is 43.0 Å². The second-order valence-electron chi connectivity index (χ2n) is 10.3. The van der Waals surface area contributed by atoms with Crippen molar-refractivity contribution in [1.29, 1.82) is 0 Å². The van der Waals surface area contributed by atoms with Crippen LogP contribution in [0.15, 0.2) is 85.1 Å². The third kappa shape index (κ3) is 12.6. The summed E-state index contributed by atoms with van der Waals surface area (Å²) in [5, 5.41) is 9.09. The van der Waals surface area contributed by atoms with Gasteiger partial charge in [0.2, 0.25) is 0 Å². The van der Waals surface area contributed by atoms with E-state index in [-0.39, 0.29) is 17.8 Å². The van der Waals surface area contributed by atoms with E-state index in [0.717, 1.165) is 30.6 Å². The molecule has 1 atom stereocenters. The Hall–Kier alpha value is -4.14. The first-order valence-electron chi connectivity index (χ1n) is 15.1. The van der Waals surface area contributed by atoms with Crippen LogP contribution in [0.1, 0.15) is 68.1 Å². The highest BCUT2D eigenvalue weighted by molar-refractivity contribution is 5.94. The number of pyridine rings is 1. The van der Waals surface area contributed by atoms with Crippen LogP contribution in [0.25, 0.3) is 10.9 Å². The van der Waals surface area contributed by atoms with Crippen LogP contribution in [0.4, 0.5) is 10.1 Å². The van der Waals surface area contributed by atoms with Crippen LogP contribution in [0.3, 0.4) is 0 Å². The number of nitrogen functional groups attached to an aromatic ring is 1. The molecule has 0 saturated carbocycles. The molecule has 1 unspecified atom stereocenters. The molecule has 1 saturated heterocycles. The molecule has 44 heavy (non-hydrogen) atoms. The summed E-state index contributed by atoms with van der Waals surface area (Å²) in [5.41, 5.74) is 10.4. The Kier molecular flexibility index (Phi) is 18.5. The van der Waals surface area contributed by atoms with E-state index < -0.39 is 0 Å². The predicted molar refractivity (Wildman–Crippen MR) is 180 cm³/mol. The maximum atomic E-state index is 13.1. The predicted octanol–water partition coefficient (Wildman–Crippen LogP) is 7.09. The van der Waals surface area contributed by atoms with Crippen LogP contribution < -0.4 is 5.73 Å². The van der Waals surface area contributed by atoms with Crippen molar-refractivity contribution in [2.24, 2.45) is 0 Å². The normalized spacial score (nSPS) is 12.9. The Morgan fingerprint density at radius 2 is 1.48 bits per heavy atom. The monoisotopic (exact) mass is 604 g/mol. The number of aryl methyl sites for hydroxylation is 1. The summed E-state index contributed by atoms with van der Waals surface area (Å²) in [4.78, 5) is 29.0. The van der Waals surface area contributed by atoms with Crippen LogP contribution in [-0.4, -0.2) is 65.4 Å². The highest BCUT2D eigenvalue weighted by Gasteiger charge is 2.25. The van der Waals surface area contributed by atoms with E-state index in [2.05, 4.69) is 61.8 Å². The summed E-state index contributed by atoms with van der Waals surface area (Å²) in [6, 6.07) is 24.1. The lowest BCUT2D eigenvalue weighted by atomic mass is 10.1. The fourth-order valence-corrected chi connectivity index (χ4v) is 4.33. The molecule has 1 fully saturated rings. The van der Waals surface area contributed by atoms with Crippen LogP contribution in [0.2, 0.25) is 0 Å². The van der Waals surface area contributed by atoms with Crippen LogP contribution in [0.5, 0.6) is 0 Å². The van der Waals surface area contributed by atoms with Crippen LogP contribution >= 0.6 is 0 Å². The lowest BCUT2D eigenvalue weighted by Crippen LogP contribution is -2.49. The Bertz CT molecular complexity index is 1330. The van der Waals surface area contributed by atoms with Gasteiger partial charge >= 0.3 is 0 Å². The van der Waals surface area contributed by atoms with Gasteiger partial charge in [0.25, 0.3) is 5.91 Å². The first-order chi connectivity index (χ1) is 21.2. The summed E-state index contributed by atoms with van der Waals surface area (Å²) in [5.74, 6) is -0.172. The van der Waals surface area contributed by atoms with Crippen LogP contribution in [-0.2, 0) is 4.79 Å². The van der Waals surface area contributed by atoms with Gasteiger partial charge in [0.1, 0.15) is 12.6 Å². The maximum absolute atomic E-state index is 13.1. The van der Waals surface area contributed by atoms with Gasteiger partial charge in [0.15, 0.2) is 0 Å².